The number of primary amides is 1. The summed E-state index contributed by atoms with van der Waals surface area (Å²) in [5, 5.41) is 0. The van der Waals surface area contributed by atoms with Crippen LogP contribution in [0.3, 0.4) is 0 Å². The van der Waals surface area contributed by atoms with Gasteiger partial charge in [0.15, 0.2) is 6.61 Å². The quantitative estimate of drug-likeness (QED) is 0.788. The molecule has 0 radical (unpaired) electrons. The van der Waals surface area contributed by atoms with E-state index in [0.29, 0.717) is 10.0 Å². The fourth-order valence-corrected chi connectivity index (χ4v) is 1.34. The second-order valence-electron chi connectivity index (χ2n) is 2.67. The SMILES string of the molecule is NC(=O)CONC(=O)c1ccccc1Br. The number of halogens is 1. The van der Waals surface area contributed by atoms with Gasteiger partial charge in [0.2, 0.25) is 5.91 Å². The molecule has 0 aliphatic rings. The molecule has 80 valence electrons. The van der Waals surface area contributed by atoms with Crippen LogP contribution in [0.25, 0.3) is 0 Å². The summed E-state index contributed by atoms with van der Waals surface area (Å²) < 4.78 is 0.644. The first-order valence-electron chi connectivity index (χ1n) is 4.06. The van der Waals surface area contributed by atoms with Crippen molar-refractivity contribution in [3.63, 3.8) is 0 Å². The predicted octanol–water partition coefficient (Wildman–Crippen LogP) is 0.596. The van der Waals surface area contributed by atoms with Crippen molar-refractivity contribution in [3.05, 3.63) is 34.3 Å². The summed E-state index contributed by atoms with van der Waals surface area (Å²) >= 11 is 3.21. The molecular formula is C9H9BrN2O3. The lowest BCUT2D eigenvalue weighted by Gasteiger charge is -2.05. The van der Waals surface area contributed by atoms with Gasteiger partial charge in [-0.25, -0.2) is 5.48 Å². The molecule has 2 amide bonds. The largest absolute Gasteiger partial charge is 0.368 e. The third-order valence-electron chi connectivity index (χ3n) is 1.50. The van der Waals surface area contributed by atoms with Gasteiger partial charge in [-0.3, -0.25) is 14.4 Å². The number of hydroxylamine groups is 1. The summed E-state index contributed by atoms with van der Waals surface area (Å²) in [6, 6.07) is 6.84. The van der Waals surface area contributed by atoms with E-state index in [0.717, 1.165) is 0 Å². The van der Waals surface area contributed by atoms with Crippen molar-refractivity contribution in [1.82, 2.24) is 5.48 Å². The van der Waals surface area contributed by atoms with E-state index in [2.05, 4.69) is 26.2 Å². The summed E-state index contributed by atoms with van der Waals surface area (Å²) in [6.07, 6.45) is 0. The summed E-state index contributed by atoms with van der Waals surface area (Å²) in [7, 11) is 0. The maximum absolute atomic E-state index is 11.4. The third kappa shape index (κ3) is 3.69. The van der Waals surface area contributed by atoms with Gasteiger partial charge >= 0.3 is 0 Å². The Morgan fingerprint density at radius 3 is 2.67 bits per heavy atom. The first kappa shape index (κ1) is 11.7. The average molecular weight is 273 g/mol. The topological polar surface area (TPSA) is 81.4 Å². The van der Waals surface area contributed by atoms with Crippen molar-refractivity contribution in [2.24, 2.45) is 5.73 Å². The smallest absolute Gasteiger partial charge is 0.275 e. The molecule has 6 heteroatoms. The lowest BCUT2D eigenvalue weighted by molar-refractivity contribution is -0.124. The van der Waals surface area contributed by atoms with E-state index < -0.39 is 11.8 Å². The molecule has 0 atom stereocenters. The molecule has 0 unspecified atom stereocenters. The number of carbonyl (C=O) groups excluding carboxylic acids is 2. The average Bonchev–Trinajstić information content (AvgIpc) is 2.17. The van der Waals surface area contributed by atoms with Crippen molar-refractivity contribution >= 4 is 27.7 Å². The van der Waals surface area contributed by atoms with Gasteiger partial charge in [-0.15, -0.1) is 0 Å². The van der Waals surface area contributed by atoms with Crippen LogP contribution < -0.4 is 11.2 Å². The Bertz CT molecular complexity index is 381. The lowest BCUT2D eigenvalue weighted by Crippen LogP contribution is -2.29. The van der Waals surface area contributed by atoms with Crippen LogP contribution in [0.2, 0.25) is 0 Å². The number of carbonyl (C=O) groups is 2. The Hall–Kier alpha value is -1.40. The number of hydrogen-bond acceptors (Lipinski definition) is 3. The summed E-state index contributed by atoms with van der Waals surface area (Å²) in [6.45, 7) is -0.351. The van der Waals surface area contributed by atoms with Gasteiger partial charge in [0.25, 0.3) is 5.91 Å². The van der Waals surface area contributed by atoms with Crippen LogP contribution in [0.5, 0.6) is 0 Å². The summed E-state index contributed by atoms with van der Waals surface area (Å²) in [5.74, 6) is -1.09. The van der Waals surface area contributed by atoms with Gasteiger partial charge in [-0.1, -0.05) is 12.1 Å². The molecule has 0 aromatic heterocycles. The van der Waals surface area contributed by atoms with Crippen LogP contribution in [-0.2, 0) is 9.63 Å². The highest BCUT2D eigenvalue weighted by molar-refractivity contribution is 9.10. The van der Waals surface area contributed by atoms with E-state index in [4.69, 9.17) is 5.73 Å². The minimum absolute atomic E-state index is 0.351. The minimum Gasteiger partial charge on any atom is -0.368 e. The van der Waals surface area contributed by atoms with Crippen LogP contribution in [0.4, 0.5) is 0 Å². The van der Waals surface area contributed by atoms with Crippen molar-refractivity contribution in [1.29, 1.82) is 0 Å². The Balaban J connectivity index is 2.54. The molecule has 1 aromatic carbocycles. The Labute approximate surface area is 94.7 Å². The molecule has 0 spiro atoms. The standard InChI is InChI=1S/C9H9BrN2O3/c10-7-4-2-1-3-6(7)9(14)12-15-5-8(11)13/h1-4H,5H2,(H2,11,13)(H,12,14). The number of benzene rings is 1. The van der Waals surface area contributed by atoms with Crippen molar-refractivity contribution in [2.75, 3.05) is 6.61 Å². The van der Waals surface area contributed by atoms with Gasteiger partial charge in [0.1, 0.15) is 0 Å². The van der Waals surface area contributed by atoms with Gasteiger partial charge in [-0.2, -0.15) is 0 Å². The molecule has 0 heterocycles. The Kier molecular flexibility index (Phi) is 4.26. The maximum atomic E-state index is 11.4. The molecule has 3 N–H and O–H groups in total. The molecule has 0 fully saturated rings. The van der Waals surface area contributed by atoms with Crippen LogP contribution in [0, 0.1) is 0 Å². The molecule has 1 aromatic rings. The number of amides is 2. The first-order valence-corrected chi connectivity index (χ1v) is 4.85. The molecule has 0 saturated carbocycles. The number of rotatable bonds is 4. The highest BCUT2D eigenvalue weighted by atomic mass is 79.9. The monoisotopic (exact) mass is 272 g/mol. The van der Waals surface area contributed by atoms with E-state index in [1.807, 2.05) is 0 Å². The first-order chi connectivity index (χ1) is 7.11. The van der Waals surface area contributed by atoms with Gasteiger partial charge in [-0.05, 0) is 28.1 Å². The minimum atomic E-state index is -0.651. The molecule has 0 bridgehead atoms. The number of hydrogen-bond donors (Lipinski definition) is 2. The van der Waals surface area contributed by atoms with Crippen molar-refractivity contribution < 1.29 is 14.4 Å². The van der Waals surface area contributed by atoms with Crippen LogP contribution >= 0.6 is 15.9 Å². The zero-order chi connectivity index (χ0) is 11.3. The number of nitrogens with two attached hydrogens (primary N) is 1. The highest BCUT2D eigenvalue weighted by Gasteiger charge is 2.08. The molecule has 0 aliphatic carbocycles. The highest BCUT2D eigenvalue weighted by Crippen LogP contribution is 2.15. The zero-order valence-electron chi connectivity index (χ0n) is 7.70. The number of nitrogens with one attached hydrogen (secondary N) is 1. The zero-order valence-corrected chi connectivity index (χ0v) is 9.28. The molecule has 0 aliphatic heterocycles. The van der Waals surface area contributed by atoms with E-state index in [1.54, 1.807) is 24.3 Å². The van der Waals surface area contributed by atoms with E-state index in [-0.39, 0.29) is 6.61 Å². The molecule has 1 rings (SSSR count). The fraction of sp³-hybridized carbons (Fsp3) is 0.111. The van der Waals surface area contributed by atoms with Crippen LogP contribution in [0.15, 0.2) is 28.7 Å². The van der Waals surface area contributed by atoms with Crippen LogP contribution in [-0.4, -0.2) is 18.4 Å². The summed E-state index contributed by atoms with van der Waals surface area (Å²) in [5.41, 5.74) is 7.34. The normalized spacial score (nSPS) is 9.67. The predicted molar refractivity (Wildman–Crippen MR) is 56.8 cm³/mol. The molecular weight excluding hydrogens is 264 g/mol. The van der Waals surface area contributed by atoms with E-state index >= 15 is 0 Å². The van der Waals surface area contributed by atoms with Gasteiger partial charge < -0.3 is 5.73 Å². The third-order valence-corrected chi connectivity index (χ3v) is 2.19. The van der Waals surface area contributed by atoms with Gasteiger partial charge in [0, 0.05) is 4.47 Å². The summed E-state index contributed by atoms with van der Waals surface area (Å²) in [4.78, 5) is 26.3. The second-order valence-corrected chi connectivity index (χ2v) is 3.52. The van der Waals surface area contributed by atoms with Gasteiger partial charge in [0.05, 0.1) is 5.56 Å². The maximum Gasteiger partial charge on any atom is 0.275 e. The van der Waals surface area contributed by atoms with Crippen molar-refractivity contribution in [3.8, 4) is 0 Å². The van der Waals surface area contributed by atoms with Crippen molar-refractivity contribution in [2.45, 2.75) is 0 Å². The fourth-order valence-electron chi connectivity index (χ4n) is 0.873. The Morgan fingerprint density at radius 1 is 1.40 bits per heavy atom. The van der Waals surface area contributed by atoms with Crippen LogP contribution in [0.1, 0.15) is 10.4 Å². The van der Waals surface area contributed by atoms with E-state index in [1.165, 1.54) is 0 Å². The molecule has 15 heavy (non-hydrogen) atoms. The molecule has 5 nitrogen and oxygen atoms in total. The molecule has 0 saturated heterocycles. The van der Waals surface area contributed by atoms with E-state index in [9.17, 15) is 9.59 Å². The second kappa shape index (κ2) is 5.47. The lowest BCUT2D eigenvalue weighted by atomic mass is 10.2. The Morgan fingerprint density at radius 2 is 2.07 bits per heavy atom.